The molecule has 0 aliphatic heterocycles. The van der Waals surface area contributed by atoms with E-state index in [1.165, 1.54) is 18.3 Å². The van der Waals surface area contributed by atoms with Gasteiger partial charge < -0.3 is 20.5 Å². The van der Waals surface area contributed by atoms with Crippen LogP contribution in [0.5, 0.6) is 0 Å². The summed E-state index contributed by atoms with van der Waals surface area (Å²) in [5, 5.41) is 21.8. The molecule has 1 amide bonds. The normalized spacial score (nSPS) is 18.8. The van der Waals surface area contributed by atoms with Crippen LogP contribution in [0.4, 0.5) is 16.4 Å². The first kappa shape index (κ1) is 23.0. The first-order valence-electron chi connectivity index (χ1n) is 10.1. The number of aliphatic hydroxyl groups is 1. The third-order valence-corrected chi connectivity index (χ3v) is 6.26. The topological polar surface area (TPSA) is 158 Å². The molecule has 2 aromatic heterocycles. The van der Waals surface area contributed by atoms with E-state index in [9.17, 15) is 13.2 Å². The van der Waals surface area contributed by atoms with Crippen LogP contribution in [0, 0.1) is 0 Å². The smallest absolute Gasteiger partial charge is 0.407 e. The Kier molecular flexibility index (Phi) is 7.46. The highest BCUT2D eigenvalue weighted by Crippen LogP contribution is 2.36. The molecule has 12 heteroatoms. The van der Waals surface area contributed by atoms with Crippen molar-refractivity contribution in [1.29, 1.82) is 0 Å². The Morgan fingerprint density at radius 2 is 2.13 bits per heavy atom. The van der Waals surface area contributed by atoms with E-state index in [-0.39, 0.29) is 36.1 Å². The number of hydrogen-bond donors (Lipinski definition) is 5. The number of hydrogen-bond acceptors (Lipinski definition) is 8. The second kappa shape index (κ2) is 10.1. The number of amides is 1. The van der Waals surface area contributed by atoms with Crippen molar-refractivity contribution < 1.29 is 23.1 Å². The van der Waals surface area contributed by atoms with Gasteiger partial charge in [-0.1, -0.05) is 0 Å². The average molecular weight is 453 g/mol. The molecule has 31 heavy (non-hydrogen) atoms. The quantitative estimate of drug-likeness (QED) is 0.384. The fourth-order valence-corrected chi connectivity index (χ4v) is 4.33. The zero-order valence-electron chi connectivity index (χ0n) is 17.5. The highest BCUT2D eigenvalue weighted by molar-refractivity contribution is 7.89. The van der Waals surface area contributed by atoms with Gasteiger partial charge in [0.1, 0.15) is 16.8 Å². The highest BCUT2D eigenvalue weighted by Gasteiger charge is 2.30. The van der Waals surface area contributed by atoms with Gasteiger partial charge in [-0.2, -0.15) is 5.10 Å². The van der Waals surface area contributed by atoms with Crippen LogP contribution in [-0.4, -0.2) is 60.1 Å². The average Bonchev–Trinajstić information content (AvgIpc) is 3.35. The van der Waals surface area contributed by atoms with E-state index in [4.69, 9.17) is 9.84 Å². The summed E-state index contributed by atoms with van der Waals surface area (Å²) in [5.41, 5.74) is 0.935. The molecule has 1 fully saturated rings. The third-order valence-electron chi connectivity index (χ3n) is 4.81. The Bertz CT molecular complexity index is 976. The molecule has 0 aromatic carbocycles. The van der Waals surface area contributed by atoms with E-state index in [2.05, 4.69) is 30.5 Å². The van der Waals surface area contributed by atoms with Crippen LogP contribution in [-0.2, 0) is 14.8 Å². The number of anilines is 2. The predicted octanol–water partition coefficient (Wildman–Crippen LogP) is 1.59. The lowest BCUT2D eigenvalue weighted by Crippen LogP contribution is -2.33. The molecule has 2 heterocycles. The second-order valence-electron chi connectivity index (χ2n) is 7.67. The van der Waals surface area contributed by atoms with Crippen molar-refractivity contribution >= 4 is 27.8 Å². The molecular weight excluding hydrogens is 424 g/mol. The first-order chi connectivity index (χ1) is 14.8. The van der Waals surface area contributed by atoms with Crippen LogP contribution < -0.4 is 15.4 Å². The van der Waals surface area contributed by atoms with Crippen molar-refractivity contribution in [3.63, 3.8) is 0 Å². The number of pyridine rings is 1. The van der Waals surface area contributed by atoms with E-state index in [0.717, 1.165) is 25.0 Å². The maximum Gasteiger partial charge on any atom is 0.407 e. The summed E-state index contributed by atoms with van der Waals surface area (Å²) in [7, 11) is -3.70. The van der Waals surface area contributed by atoms with Gasteiger partial charge in [0.2, 0.25) is 10.0 Å². The predicted molar refractivity (Wildman–Crippen MR) is 114 cm³/mol. The number of nitrogens with zero attached hydrogens (tertiary/aromatic N) is 2. The van der Waals surface area contributed by atoms with Crippen molar-refractivity contribution in [3.05, 3.63) is 30.1 Å². The number of carbonyl (C=O) groups excluding carboxylic acids is 1. The minimum atomic E-state index is -3.70. The molecular formula is C19H28N6O5S. The number of aliphatic hydroxyl groups excluding tert-OH is 1. The van der Waals surface area contributed by atoms with Crippen molar-refractivity contribution in [2.24, 2.45) is 0 Å². The maximum absolute atomic E-state index is 12.0. The Morgan fingerprint density at radius 1 is 1.32 bits per heavy atom. The van der Waals surface area contributed by atoms with Gasteiger partial charge in [-0.15, -0.1) is 0 Å². The molecule has 3 rings (SSSR count). The van der Waals surface area contributed by atoms with E-state index in [0.29, 0.717) is 11.6 Å². The Morgan fingerprint density at radius 3 is 2.81 bits per heavy atom. The monoisotopic (exact) mass is 452 g/mol. The standard InChI is InChI=1S/C19H28N6O5S/c1-12(2)22-19(27)30-14-4-3-13(9-14)16-10-18(25-24-16)23-17-6-5-15(11-20-17)31(28,29)21-7-8-26/h5-6,10-14,21,26H,3-4,7-9H2,1-2H3,(H,22,27)(H2,20,23,24,25)/t13-,14+/m1/s1. The fraction of sp³-hybridized carbons (Fsp3) is 0.526. The molecule has 2 atom stereocenters. The summed E-state index contributed by atoms with van der Waals surface area (Å²) in [6.45, 7) is 3.42. The van der Waals surface area contributed by atoms with E-state index >= 15 is 0 Å². The zero-order chi connectivity index (χ0) is 22.4. The summed E-state index contributed by atoms with van der Waals surface area (Å²) in [4.78, 5) is 15.9. The van der Waals surface area contributed by atoms with Crippen molar-refractivity contribution in [3.8, 4) is 0 Å². The number of aromatic nitrogens is 3. The number of aromatic amines is 1. The minimum Gasteiger partial charge on any atom is -0.446 e. The van der Waals surface area contributed by atoms with Crippen LogP contribution in [0.25, 0.3) is 0 Å². The molecule has 2 aromatic rings. The lowest BCUT2D eigenvalue weighted by Gasteiger charge is -2.14. The molecule has 0 unspecified atom stereocenters. The van der Waals surface area contributed by atoms with Crippen molar-refractivity contribution in [2.75, 3.05) is 18.5 Å². The fourth-order valence-electron chi connectivity index (χ4n) is 3.37. The van der Waals surface area contributed by atoms with Crippen LogP contribution >= 0.6 is 0 Å². The molecule has 1 aliphatic carbocycles. The Balaban J connectivity index is 1.55. The Labute approximate surface area is 181 Å². The van der Waals surface area contributed by atoms with Crippen LogP contribution in [0.3, 0.4) is 0 Å². The number of carbonyl (C=O) groups is 1. The number of ether oxygens (including phenoxy) is 1. The van der Waals surface area contributed by atoms with Gasteiger partial charge in [0.05, 0.1) is 6.61 Å². The number of nitrogens with one attached hydrogen (secondary N) is 4. The molecule has 0 bridgehead atoms. The van der Waals surface area contributed by atoms with Crippen molar-refractivity contribution in [2.45, 2.75) is 56.1 Å². The molecule has 1 aliphatic rings. The second-order valence-corrected chi connectivity index (χ2v) is 9.44. The first-order valence-corrected chi connectivity index (χ1v) is 11.6. The molecule has 1 saturated carbocycles. The minimum absolute atomic E-state index is 0.00715. The van der Waals surface area contributed by atoms with Gasteiger partial charge in [0.15, 0.2) is 5.82 Å². The van der Waals surface area contributed by atoms with Crippen LogP contribution in [0.2, 0.25) is 0 Å². The number of alkyl carbamates (subject to hydrolysis) is 1. The largest absolute Gasteiger partial charge is 0.446 e. The van der Waals surface area contributed by atoms with Crippen LogP contribution in [0.15, 0.2) is 29.3 Å². The molecule has 5 N–H and O–H groups in total. The number of sulfonamides is 1. The van der Waals surface area contributed by atoms with Gasteiger partial charge in [-0.05, 0) is 45.2 Å². The zero-order valence-corrected chi connectivity index (χ0v) is 18.3. The van der Waals surface area contributed by atoms with E-state index in [1.54, 1.807) is 0 Å². The van der Waals surface area contributed by atoms with E-state index in [1.807, 2.05) is 19.9 Å². The molecule has 0 saturated heterocycles. The molecule has 11 nitrogen and oxygen atoms in total. The lowest BCUT2D eigenvalue weighted by molar-refractivity contribution is 0.0981. The summed E-state index contributed by atoms with van der Waals surface area (Å²) >= 11 is 0. The van der Waals surface area contributed by atoms with Crippen molar-refractivity contribution in [1.82, 2.24) is 25.2 Å². The maximum atomic E-state index is 12.0. The van der Waals surface area contributed by atoms with Gasteiger partial charge >= 0.3 is 6.09 Å². The van der Waals surface area contributed by atoms with Gasteiger partial charge in [-0.3, -0.25) is 5.10 Å². The van der Waals surface area contributed by atoms with Gasteiger partial charge in [-0.25, -0.2) is 22.9 Å². The summed E-state index contributed by atoms with van der Waals surface area (Å²) in [6.07, 6.45) is 3.11. The van der Waals surface area contributed by atoms with Gasteiger partial charge in [0.25, 0.3) is 0 Å². The van der Waals surface area contributed by atoms with Gasteiger partial charge in [0, 0.05) is 36.5 Å². The molecule has 170 valence electrons. The number of H-pyrrole nitrogens is 1. The number of rotatable bonds is 9. The Hall–Kier alpha value is -2.70. The SMILES string of the molecule is CC(C)NC(=O)O[C@H]1CC[C@@H](c2cc(Nc3ccc(S(=O)(=O)NCCO)cn3)n[nH]2)C1. The molecule has 0 radical (unpaired) electrons. The van der Waals surface area contributed by atoms with E-state index < -0.39 is 16.1 Å². The molecule has 0 spiro atoms. The highest BCUT2D eigenvalue weighted by atomic mass is 32.2. The lowest BCUT2D eigenvalue weighted by atomic mass is 10.0. The summed E-state index contributed by atoms with van der Waals surface area (Å²) in [6, 6.07) is 4.86. The van der Waals surface area contributed by atoms with Crippen LogP contribution in [0.1, 0.15) is 44.7 Å². The summed E-state index contributed by atoms with van der Waals surface area (Å²) < 4.78 is 31.8. The third kappa shape index (κ3) is 6.39. The summed E-state index contributed by atoms with van der Waals surface area (Å²) in [5.74, 6) is 1.20.